The van der Waals surface area contributed by atoms with Crippen molar-refractivity contribution in [3.63, 3.8) is 0 Å². The molecular weight excluding hydrogens is 180 g/mol. The summed E-state index contributed by atoms with van der Waals surface area (Å²) in [5.74, 6) is -0.360. The van der Waals surface area contributed by atoms with E-state index in [0.29, 0.717) is 5.57 Å². The molecule has 3 nitrogen and oxygen atoms in total. The lowest BCUT2D eigenvalue weighted by molar-refractivity contribution is -0.138. The molecule has 80 valence electrons. The lowest BCUT2D eigenvalue weighted by Gasteiger charge is -2.04. The normalized spacial score (nSPS) is 29.6. The second-order valence-electron chi connectivity index (χ2n) is 3.71. The van der Waals surface area contributed by atoms with Gasteiger partial charge in [-0.05, 0) is 19.8 Å². The van der Waals surface area contributed by atoms with Crippen LogP contribution in [-0.2, 0) is 9.53 Å². The molecule has 0 unspecified atom stereocenters. The third-order valence-electron chi connectivity index (χ3n) is 2.46. The molecule has 0 amide bonds. The third-order valence-corrected chi connectivity index (χ3v) is 2.46. The lowest BCUT2D eigenvalue weighted by atomic mass is 10.1. The fourth-order valence-corrected chi connectivity index (χ4v) is 1.53. The van der Waals surface area contributed by atoms with E-state index >= 15 is 0 Å². The molecule has 0 spiro atoms. The largest absolute Gasteiger partial charge is 0.456 e. The van der Waals surface area contributed by atoms with E-state index in [1.165, 1.54) is 0 Å². The predicted octanol–water partition coefficient (Wildman–Crippen LogP) is 1.80. The minimum atomic E-state index is -0.732. The Hall–Kier alpha value is -0.830. The van der Waals surface area contributed by atoms with E-state index in [1.54, 1.807) is 6.92 Å². The zero-order valence-corrected chi connectivity index (χ0v) is 8.82. The molecule has 14 heavy (non-hydrogen) atoms. The number of aliphatic hydroxyl groups excluding tert-OH is 1. The first-order chi connectivity index (χ1) is 6.66. The summed E-state index contributed by atoms with van der Waals surface area (Å²) in [6, 6.07) is 0. The highest BCUT2D eigenvalue weighted by molar-refractivity contribution is 5.92. The maximum Gasteiger partial charge on any atom is 0.336 e. The summed E-state index contributed by atoms with van der Waals surface area (Å²) in [4.78, 5) is 11.2. The number of rotatable bonds is 4. The fourth-order valence-electron chi connectivity index (χ4n) is 1.53. The molecule has 1 rings (SSSR count). The molecule has 0 aliphatic carbocycles. The van der Waals surface area contributed by atoms with Crippen molar-refractivity contribution < 1.29 is 14.6 Å². The fraction of sp³-hybridized carbons (Fsp3) is 0.727. The molecule has 1 heterocycles. The molecule has 2 atom stereocenters. The molecule has 1 N–H and O–H groups in total. The van der Waals surface area contributed by atoms with Crippen LogP contribution in [0.25, 0.3) is 0 Å². The van der Waals surface area contributed by atoms with Gasteiger partial charge in [0, 0.05) is 0 Å². The number of cyclic esters (lactones) is 1. The molecule has 1 aliphatic heterocycles. The number of carbonyl (C=O) groups excluding carboxylic acids is 1. The number of aliphatic hydroxyl groups is 1. The second-order valence-corrected chi connectivity index (χ2v) is 3.71. The van der Waals surface area contributed by atoms with Gasteiger partial charge in [-0.1, -0.05) is 25.8 Å². The van der Waals surface area contributed by atoms with Crippen LogP contribution in [0.2, 0.25) is 0 Å². The van der Waals surface area contributed by atoms with Crippen molar-refractivity contribution in [1.29, 1.82) is 0 Å². The summed E-state index contributed by atoms with van der Waals surface area (Å²) in [7, 11) is 0. The van der Waals surface area contributed by atoms with Crippen molar-refractivity contribution in [2.75, 3.05) is 0 Å². The highest BCUT2D eigenvalue weighted by Gasteiger charge is 2.34. The molecule has 0 aromatic rings. The predicted molar refractivity (Wildman–Crippen MR) is 53.8 cm³/mol. The molecule has 1 aliphatic rings. The Morgan fingerprint density at radius 3 is 2.71 bits per heavy atom. The van der Waals surface area contributed by atoms with Crippen molar-refractivity contribution >= 4 is 5.97 Å². The van der Waals surface area contributed by atoms with Crippen LogP contribution in [0.15, 0.2) is 11.6 Å². The molecule has 0 bridgehead atoms. The van der Waals surface area contributed by atoms with Gasteiger partial charge in [0.05, 0.1) is 5.57 Å². The molecule has 1 fully saturated rings. The molecule has 0 saturated carbocycles. The van der Waals surface area contributed by atoms with E-state index in [0.717, 1.165) is 25.7 Å². The first-order valence-electron chi connectivity index (χ1n) is 5.26. The number of hydrogen-bond donors (Lipinski definition) is 1. The van der Waals surface area contributed by atoms with Gasteiger partial charge in [0.25, 0.3) is 0 Å². The third kappa shape index (κ3) is 2.58. The number of allylic oxidation sites excluding steroid dienone is 1. The molecule has 3 heteroatoms. The number of unbranched alkanes of at least 4 members (excludes halogenated alkanes) is 3. The van der Waals surface area contributed by atoms with Gasteiger partial charge < -0.3 is 9.84 Å². The van der Waals surface area contributed by atoms with Crippen LogP contribution in [0.1, 0.15) is 39.5 Å². The number of carbonyl (C=O) groups is 1. The maximum atomic E-state index is 11.2. The Kier molecular flexibility index (Phi) is 4.14. The zero-order valence-electron chi connectivity index (χ0n) is 8.82. The summed E-state index contributed by atoms with van der Waals surface area (Å²) in [6.45, 7) is 3.84. The monoisotopic (exact) mass is 198 g/mol. The van der Waals surface area contributed by atoms with Crippen LogP contribution in [0, 0.1) is 0 Å². The highest BCUT2D eigenvalue weighted by atomic mass is 16.6. The number of esters is 1. The standard InChI is InChI=1S/C11H18O3/c1-3-4-5-6-7-9-10(12)8(2)14-11(9)13/h7-8,10,12H,3-6H2,1-2H3/b9-7+/t8-,10+/m0/s1. The number of hydrogen-bond acceptors (Lipinski definition) is 3. The van der Waals surface area contributed by atoms with Crippen LogP contribution < -0.4 is 0 Å². The Bertz CT molecular complexity index is 233. The van der Waals surface area contributed by atoms with Crippen molar-refractivity contribution in [2.24, 2.45) is 0 Å². The van der Waals surface area contributed by atoms with Gasteiger partial charge in [-0.2, -0.15) is 0 Å². The number of ether oxygens (including phenoxy) is 1. The van der Waals surface area contributed by atoms with Crippen LogP contribution in [-0.4, -0.2) is 23.3 Å². The van der Waals surface area contributed by atoms with Crippen molar-refractivity contribution in [3.05, 3.63) is 11.6 Å². The van der Waals surface area contributed by atoms with Gasteiger partial charge in [0.15, 0.2) is 0 Å². The maximum absolute atomic E-state index is 11.2. The van der Waals surface area contributed by atoms with Crippen LogP contribution in [0.3, 0.4) is 0 Å². The van der Waals surface area contributed by atoms with E-state index in [4.69, 9.17) is 4.74 Å². The summed E-state index contributed by atoms with van der Waals surface area (Å²) in [5.41, 5.74) is 0.439. The summed E-state index contributed by atoms with van der Waals surface area (Å²) in [6.07, 6.45) is 4.92. The SMILES string of the molecule is CCCCC/C=C1/C(=O)O[C@@H](C)[C@H]1O. The molecular formula is C11H18O3. The highest BCUT2D eigenvalue weighted by Crippen LogP contribution is 2.21. The van der Waals surface area contributed by atoms with Gasteiger partial charge >= 0.3 is 5.97 Å². The quantitative estimate of drug-likeness (QED) is 0.425. The van der Waals surface area contributed by atoms with Crippen LogP contribution in [0.4, 0.5) is 0 Å². The minimum absolute atomic E-state index is 0.360. The summed E-state index contributed by atoms with van der Waals surface area (Å²) >= 11 is 0. The van der Waals surface area contributed by atoms with E-state index < -0.39 is 6.10 Å². The van der Waals surface area contributed by atoms with Crippen molar-refractivity contribution in [2.45, 2.75) is 51.7 Å². The van der Waals surface area contributed by atoms with Gasteiger partial charge in [-0.15, -0.1) is 0 Å². The Morgan fingerprint density at radius 2 is 2.21 bits per heavy atom. The van der Waals surface area contributed by atoms with Gasteiger partial charge in [-0.3, -0.25) is 0 Å². The molecule has 0 radical (unpaired) electrons. The summed E-state index contributed by atoms with van der Waals surface area (Å²) < 4.78 is 4.89. The molecule has 0 aromatic heterocycles. The van der Waals surface area contributed by atoms with E-state index in [1.807, 2.05) is 6.08 Å². The Morgan fingerprint density at radius 1 is 1.50 bits per heavy atom. The first kappa shape index (κ1) is 11.2. The van der Waals surface area contributed by atoms with Crippen LogP contribution >= 0.6 is 0 Å². The minimum Gasteiger partial charge on any atom is -0.456 e. The Labute approximate surface area is 84.8 Å². The van der Waals surface area contributed by atoms with E-state index in [9.17, 15) is 9.90 Å². The van der Waals surface area contributed by atoms with Gasteiger partial charge in [0.1, 0.15) is 12.2 Å². The second kappa shape index (κ2) is 5.15. The van der Waals surface area contributed by atoms with Gasteiger partial charge in [-0.25, -0.2) is 4.79 Å². The van der Waals surface area contributed by atoms with Gasteiger partial charge in [0.2, 0.25) is 0 Å². The molecule has 1 saturated heterocycles. The topological polar surface area (TPSA) is 46.5 Å². The van der Waals surface area contributed by atoms with E-state index in [2.05, 4.69) is 6.92 Å². The van der Waals surface area contributed by atoms with Crippen LogP contribution in [0.5, 0.6) is 0 Å². The average molecular weight is 198 g/mol. The average Bonchev–Trinajstić information content (AvgIpc) is 2.38. The first-order valence-corrected chi connectivity index (χ1v) is 5.26. The van der Waals surface area contributed by atoms with Crippen molar-refractivity contribution in [1.82, 2.24) is 0 Å². The summed E-state index contributed by atoms with van der Waals surface area (Å²) in [5, 5.41) is 9.57. The lowest BCUT2D eigenvalue weighted by Crippen LogP contribution is -2.17. The molecule has 0 aromatic carbocycles. The zero-order chi connectivity index (χ0) is 10.6. The Balaban J connectivity index is 2.45. The van der Waals surface area contributed by atoms with Crippen molar-refractivity contribution in [3.8, 4) is 0 Å². The van der Waals surface area contributed by atoms with E-state index in [-0.39, 0.29) is 12.1 Å². The smallest absolute Gasteiger partial charge is 0.336 e.